The van der Waals surface area contributed by atoms with Crippen LogP contribution in [0.3, 0.4) is 0 Å². The Labute approximate surface area is 108 Å². The first-order chi connectivity index (χ1) is 8.45. The number of phenolic OH excluding ortho intramolecular Hbond substituents is 1. The van der Waals surface area contributed by atoms with Crippen molar-refractivity contribution in [2.45, 2.75) is 6.04 Å². The van der Waals surface area contributed by atoms with Crippen LogP contribution < -0.4 is 5.32 Å². The number of aromatic hydroxyl groups is 1. The molecule has 1 atom stereocenters. The van der Waals surface area contributed by atoms with Gasteiger partial charge in [0, 0.05) is 7.11 Å². The summed E-state index contributed by atoms with van der Waals surface area (Å²) < 4.78 is 4.68. The van der Waals surface area contributed by atoms with Gasteiger partial charge in [-0.15, -0.1) is 0 Å². The summed E-state index contributed by atoms with van der Waals surface area (Å²) in [5, 5.41) is 20.5. The molecule has 1 unspecified atom stereocenters. The fourth-order valence-corrected chi connectivity index (χ4v) is 1.47. The molecule has 0 aliphatic rings. The third-order valence-corrected chi connectivity index (χ3v) is 2.46. The molecule has 1 rings (SSSR count). The number of benzene rings is 1. The Balaban J connectivity index is 2.86. The minimum Gasteiger partial charge on any atom is -0.508 e. The van der Waals surface area contributed by atoms with E-state index in [1.54, 1.807) is 0 Å². The van der Waals surface area contributed by atoms with Crippen molar-refractivity contribution in [1.82, 2.24) is 5.32 Å². The van der Waals surface area contributed by atoms with Crippen molar-refractivity contribution in [3.8, 4) is 5.75 Å². The van der Waals surface area contributed by atoms with Crippen molar-refractivity contribution < 1.29 is 24.5 Å². The van der Waals surface area contributed by atoms with E-state index in [-0.39, 0.29) is 22.9 Å². The van der Waals surface area contributed by atoms with Gasteiger partial charge >= 0.3 is 5.97 Å². The number of phenols is 1. The van der Waals surface area contributed by atoms with Gasteiger partial charge in [0.05, 0.1) is 17.2 Å². The minimum absolute atomic E-state index is 0.000908. The highest BCUT2D eigenvalue weighted by Crippen LogP contribution is 2.21. The molecule has 18 heavy (non-hydrogen) atoms. The van der Waals surface area contributed by atoms with Crippen LogP contribution in [0, 0.1) is 0 Å². The Morgan fingerprint density at radius 2 is 2.17 bits per heavy atom. The summed E-state index contributed by atoms with van der Waals surface area (Å²) >= 11 is 5.78. The van der Waals surface area contributed by atoms with Crippen molar-refractivity contribution >= 4 is 23.5 Å². The van der Waals surface area contributed by atoms with Crippen LogP contribution in [0.4, 0.5) is 0 Å². The highest BCUT2D eigenvalue weighted by Gasteiger charge is 2.21. The number of carbonyl (C=O) groups excluding carboxylic acids is 1. The molecule has 0 saturated carbocycles. The van der Waals surface area contributed by atoms with Crippen LogP contribution in [0.25, 0.3) is 0 Å². The van der Waals surface area contributed by atoms with Gasteiger partial charge in [0.25, 0.3) is 5.91 Å². The number of methoxy groups -OCH3 is 1. The Morgan fingerprint density at radius 1 is 1.50 bits per heavy atom. The van der Waals surface area contributed by atoms with Gasteiger partial charge in [0.2, 0.25) is 0 Å². The number of carbonyl (C=O) groups is 2. The third kappa shape index (κ3) is 3.61. The second-order valence-electron chi connectivity index (χ2n) is 3.48. The lowest BCUT2D eigenvalue weighted by Gasteiger charge is -2.14. The molecule has 0 aromatic heterocycles. The van der Waals surface area contributed by atoms with Gasteiger partial charge in [-0.05, 0) is 18.2 Å². The fraction of sp³-hybridized carbons (Fsp3) is 0.273. The molecule has 0 bridgehead atoms. The molecule has 7 heteroatoms. The maximum Gasteiger partial charge on any atom is 0.328 e. The SMILES string of the molecule is COCC(NC(=O)c1cc(O)ccc1Cl)C(=O)O. The quantitative estimate of drug-likeness (QED) is 0.740. The number of rotatable bonds is 5. The summed E-state index contributed by atoms with van der Waals surface area (Å²) in [6.45, 7) is -0.169. The summed E-state index contributed by atoms with van der Waals surface area (Å²) in [6, 6.07) is 2.64. The minimum atomic E-state index is -1.22. The zero-order chi connectivity index (χ0) is 13.7. The van der Waals surface area contributed by atoms with E-state index in [2.05, 4.69) is 10.1 Å². The van der Waals surface area contributed by atoms with Crippen LogP contribution >= 0.6 is 11.6 Å². The van der Waals surface area contributed by atoms with E-state index in [0.717, 1.165) is 6.07 Å². The summed E-state index contributed by atoms with van der Waals surface area (Å²) in [6.07, 6.45) is 0. The monoisotopic (exact) mass is 273 g/mol. The summed E-state index contributed by atoms with van der Waals surface area (Å²) in [5.74, 6) is -2.05. The van der Waals surface area contributed by atoms with E-state index in [4.69, 9.17) is 16.7 Å². The average molecular weight is 274 g/mol. The van der Waals surface area contributed by atoms with Crippen LogP contribution in [0.5, 0.6) is 5.75 Å². The zero-order valence-corrected chi connectivity index (χ0v) is 10.3. The van der Waals surface area contributed by atoms with Gasteiger partial charge in [-0.3, -0.25) is 4.79 Å². The number of carboxylic acids is 1. The Bertz CT molecular complexity index is 463. The molecule has 0 aliphatic carbocycles. The third-order valence-electron chi connectivity index (χ3n) is 2.13. The molecule has 0 radical (unpaired) electrons. The maximum atomic E-state index is 11.8. The second kappa shape index (κ2) is 6.23. The van der Waals surface area contributed by atoms with Gasteiger partial charge in [-0.1, -0.05) is 11.6 Å². The number of aliphatic carboxylic acids is 1. The van der Waals surface area contributed by atoms with E-state index >= 15 is 0 Å². The number of nitrogens with one attached hydrogen (secondary N) is 1. The van der Waals surface area contributed by atoms with Crippen molar-refractivity contribution in [3.05, 3.63) is 28.8 Å². The smallest absolute Gasteiger partial charge is 0.328 e. The van der Waals surface area contributed by atoms with Crippen LogP contribution in [0.1, 0.15) is 10.4 Å². The summed E-state index contributed by atoms with van der Waals surface area (Å²) in [4.78, 5) is 22.6. The van der Waals surface area contributed by atoms with Gasteiger partial charge < -0.3 is 20.3 Å². The summed E-state index contributed by atoms with van der Waals surface area (Å²) in [5.41, 5.74) is -0.000908. The van der Waals surface area contributed by atoms with Crippen molar-refractivity contribution in [2.24, 2.45) is 0 Å². The molecule has 6 nitrogen and oxygen atoms in total. The van der Waals surface area contributed by atoms with E-state index in [1.807, 2.05) is 0 Å². The molecule has 0 spiro atoms. The van der Waals surface area contributed by atoms with Gasteiger partial charge in [0.15, 0.2) is 6.04 Å². The molecule has 1 aromatic carbocycles. The Kier molecular flexibility index (Phi) is 4.94. The average Bonchev–Trinajstić information content (AvgIpc) is 2.31. The molecule has 1 amide bonds. The molecule has 98 valence electrons. The highest BCUT2D eigenvalue weighted by atomic mass is 35.5. The van der Waals surface area contributed by atoms with Crippen LogP contribution in [0.15, 0.2) is 18.2 Å². The highest BCUT2D eigenvalue weighted by molar-refractivity contribution is 6.33. The Hall–Kier alpha value is -1.79. The van der Waals surface area contributed by atoms with Gasteiger partial charge in [0.1, 0.15) is 5.75 Å². The maximum absolute atomic E-state index is 11.8. The van der Waals surface area contributed by atoms with E-state index in [1.165, 1.54) is 19.2 Å². The largest absolute Gasteiger partial charge is 0.508 e. The van der Waals surface area contributed by atoms with Crippen molar-refractivity contribution in [3.63, 3.8) is 0 Å². The molecule has 1 aromatic rings. The number of hydrogen-bond acceptors (Lipinski definition) is 4. The molecule has 0 heterocycles. The predicted molar refractivity (Wildman–Crippen MR) is 63.9 cm³/mol. The summed E-state index contributed by atoms with van der Waals surface area (Å²) in [7, 11) is 1.32. The molecule has 0 aliphatic heterocycles. The topological polar surface area (TPSA) is 95.9 Å². The molecular weight excluding hydrogens is 262 g/mol. The lowest BCUT2D eigenvalue weighted by molar-refractivity contribution is -0.140. The molecule has 0 fully saturated rings. The first-order valence-electron chi connectivity index (χ1n) is 4.96. The standard InChI is InChI=1S/C11H12ClNO5/c1-18-5-9(11(16)17)13-10(15)7-4-6(14)2-3-8(7)12/h2-4,9,14H,5H2,1H3,(H,13,15)(H,16,17). The number of ether oxygens (including phenoxy) is 1. The molecular formula is C11H12ClNO5. The first-order valence-corrected chi connectivity index (χ1v) is 5.34. The zero-order valence-electron chi connectivity index (χ0n) is 9.51. The normalized spacial score (nSPS) is 11.9. The van der Waals surface area contributed by atoms with Gasteiger partial charge in [-0.2, -0.15) is 0 Å². The predicted octanol–water partition coefficient (Wildman–Crippen LogP) is 0.875. The number of halogens is 1. The van der Waals surface area contributed by atoms with Crippen LogP contribution in [-0.2, 0) is 9.53 Å². The van der Waals surface area contributed by atoms with Crippen molar-refractivity contribution in [2.75, 3.05) is 13.7 Å². The van der Waals surface area contributed by atoms with Crippen LogP contribution in [-0.4, -0.2) is 41.8 Å². The number of amides is 1. The first kappa shape index (κ1) is 14.3. The lowest BCUT2D eigenvalue weighted by Crippen LogP contribution is -2.43. The second-order valence-corrected chi connectivity index (χ2v) is 3.89. The lowest BCUT2D eigenvalue weighted by atomic mass is 10.2. The molecule has 0 saturated heterocycles. The number of carboxylic acid groups (broad SMARTS) is 1. The van der Waals surface area contributed by atoms with Crippen molar-refractivity contribution in [1.29, 1.82) is 0 Å². The van der Waals surface area contributed by atoms with E-state index in [9.17, 15) is 14.7 Å². The Morgan fingerprint density at radius 3 is 2.72 bits per heavy atom. The van der Waals surface area contributed by atoms with E-state index in [0.29, 0.717) is 0 Å². The van der Waals surface area contributed by atoms with Crippen LogP contribution in [0.2, 0.25) is 5.02 Å². The molecule has 3 N–H and O–H groups in total. The number of hydrogen-bond donors (Lipinski definition) is 3. The fourth-order valence-electron chi connectivity index (χ4n) is 1.26. The van der Waals surface area contributed by atoms with E-state index < -0.39 is 17.9 Å². The van der Waals surface area contributed by atoms with Gasteiger partial charge in [-0.25, -0.2) is 4.79 Å².